The molecule has 0 bridgehead atoms. The van der Waals surface area contributed by atoms with Crippen molar-refractivity contribution < 1.29 is 18.7 Å². The molecule has 1 aromatic carbocycles. The molecule has 0 unspecified atom stereocenters. The first kappa shape index (κ1) is 13.3. The molecule has 5 nitrogen and oxygen atoms in total. The van der Waals surface area contributed by atoms with Crippen LogP contribution in [0.15, 0.2) is 28.9 Å². The molecule has 5 heteroatoms. The van der Waals surface area contributed by atoms with Gasteiger partial charge in [-0.2, -0.15) is 0 Å². The Hall–Kier alpha value is -2.17. The van der Waals surface area contributed by atoms with E-state index in [0.717, 1.165) is 5.39 Å². The average molecular weight is 263 g/mol. The van der Waals surface area contributed by atoms with Gasteiger partial charge in [0, 0.05) is 0 Å². The fourth-order valence-electron chi connectivity index (χ4n) is 1.73. The highest BCUT2D eigenvalue weighted by atomic mass is 16.6. The van der Waals surface area contributed by atoms with E-state index in [9.17, 15) is 4.79 Å². The lowest BCUT2D eigenvalue weighted by molar-refractivity contribution is 0.0636. The summed E-state index contributed by atoms with van der Waals surface area (Å²) in [4.78, 5) is 11.8. The predicted octanol–water partition coefficient (Wildman–Crippen LogP) is 3.79. The Bertz CT molecular complexity index is 595. The lowest BCUT2D eigenvalue weighted by atomic mass is 10.2. The van der Waals surface area contributed by atoms with E-state index in [1.807, 2.05) is 6.07 Å². The summed E-state index contributed by atoms with van der Waals surface area (Å²) in [6.07, 6.45) is 0.943. The smallest absolute Gasteiger partial charge is 0.412 e. The number of benzene rings is 1. The zero-order valence-corrected chi connectivity index (χ0v) is 11.4. The van der Waals surface area contributed by atoms with Crippen molar-refractivity contribution >= 4 is 22.7 Å². The maximum Gasteiger partial charge on any atom is 0.412 e. The van der Waals surface area contributed by atoms with Crippen LogP contribution in [-0.4, -0.2) is 18.8 Å². The van der Waals surface area contributed by atoms with Gasteiger partial charge >= 0.3 is 6.09 Å². The van der Waals surface area contributed by atoms with Crippen LogP contribution in [-0.2, 0) is 4.74 Å². The third kappa shape index (κ3) is 2.99. The number of fused-ring (bicyclic) bond motifs is 1. The highest BCUT2D eigenvalue weighted by Crippen LogP contribution is 2.34. The number of furan rings is 1. The minimum absolute atomic E-state index is 0.527. The number of rotatable bonds is 2. The van der Waals surface area contributed by atoms with Crippen molar-refractivity contribution in [1.29, 1.82) is 0 Å². The number of nitrogens with one attached hydrogen (secondary N) is 1. The summed E-state index contributed by atoms with van der Waals surface area (Å²) >= 11 is 0. The van der Waals surface area contributed by atoms with Gasteiger partial charge in [0.2, 0.25) is 0 Å². The summed E-state index contributed by atoms with van der Waals surface area (Å²) in [6.45, 7) is 5.42. The maximum absolute atomic E-state index is 11.8. The second kappa shape index (κ2) is 4.84. The lowest BCUT2D eigenvalue weighted by Crippen LogP contribution is -2.27. The van der Waals surface area contributed by atoms with Gasteiger partial charge in [0.25, 0.3) is 0 Å². The number of carbonyl (C=O) groups is 1. The normalized spacial score (nSPS) is 11.4. The minimum Gasteiger partial charge on any atom is -0.496 e. The summed E-state index contributed by atoms with van der Waals surface area (Å²) in [7, 11) is 1.57. The van der Waals surface area contributed by atoms with E-state index in [0.29, 0.717) is 17.0 Å². The molecule has 0 radical (unpaired) electrons. The van der Waals surface area contributed by atoms with Crippen molar-refractivity contribution in [2.75, 3.05) is 12.4 Å². The third-order valence-corrected chi connectivity index (χ3v) is 2.42. The molecule has 0 atom stereocenters. The van der Waals surface area contributed by atoms with Crippen molar-refractivity contribution in [3.63, 3.8) is 0 Å². The zero-order chi connectivity index (χ0) is 14.0. The molecule has 2 aromatic rings. The highest BCUT2D eigenvalue weighted by molar-refractivity contribution is 6.01. The Labute approximate surface area is 111 Å². The SMILES string of the molecule is COc1cccc2occ(NC(=O)OC(C)(C)C)c12. The summed E-state index contributed by atoms with van der Waals surface area (Å²) < 4.78 is 15.8. The van der Waals surface area contributed by atoms with Crippen molar-refractivity contribution in [2.45, 2.75) is 26.4 Å². The number of amides is 1. The van der Waals surface area contributed by atoms with Crippen LogP contribution in [0.5, 0.6) is 5.75 Å². The average Bonchev–Trinajstić information content (AvgIpc) is 2.70. The number of hydrogen-bond donors (Lipinski definition) is 1. The van der Waals surface area contributed by atoms with Crippen molar-refractivity contribution in [3.8, 4) is 5.75 Å². The fourth-order valence-corrected chi connectivity index (χ4v) is 1.73. The van der Waals surface area contributed by atoms with Gasteiger partial charge in [0.15, 0.2) is 0 Å². The molecule has 1 heterocycles. The van der Waals surface area contributed by atoms with Crippen LogP contribution in [0, 0.1) is 0 Å². The van der Waals surface area contributed by atoms with Crippen LogP contribution in [0.3, 0.4) is 0 Å². The molecule has 1 aromatic heterocycles. The van der Waals surface area contributed by atoms with Gasteiger partial charge in [0.05, 0.1) is 18.2 Å². The van der Waals surface area contributed by atoms with Crippen LogP contribution in [0.25, 0.3) is 11.0 Å². The molecule has 1 N–H and O–H groups in total. The number of anilines is 1. The van der Waals surface area contributed by atoms with E-state index in [-0.39, 0.29) is 0 Å². The van der Waals surface area contributed by atoms with E-state index in [4.69, 9.17) is 13.9 Å². The summed E-state index contributed by atoms with van der Waals surface area (Å²) in [5.74, 6) is 0.636. The van der Waals surface area contributed by atoms with Gasteiger partial charge < -0.3 is 13.9 Å². The second-order valence-corrected chi connectivity index (χ2v) is 5.11. The van der Waals surface area contributed by atoms with Gasteiger partial charge in [-0.1, -0.05) is 6.07 Å². The van der Waals surface area contributed by atoms with Gasteiger partial charge in [-0.15, -0.1) is 0 Å². The Balaban J connectivity index is 2.29. The van der Waals surface area contributed by atoms with E-state index in [2.05, 4.69) is 5.32 Å². The maximum atomic E-state index is 11.8. The van der Waals surface area contributed by atoms with Crippen LogP contribution >= 0.6 is 0 Å². The molecule has 0 aliphatic heterocycles. The Kier molecular flexibility index (Phi) is 3.38. The quantitative estimate of drug-likeness (QED) is 0.895. The lowest BCUT2D eigenvalue weighted by Gasteiger charge is -2.19. The number of hydrogen-bond acceptors (Lipinski definition) is 4. The molecular formula is C14H17NO4. The van der Waals surface area contributed by atoms with Crippen LogP contribution < -0.4 is 10.1 Å². The Morgan fingerprint density at radius 2 is 2.05 bits per heavy atom. The van der Waals surface area contributed by atoms with Crippen molar-refractivity contribution in [1.82, 2.24) is 0 Å². The number of carbonyl (C=O) groups excluding carboxylic acids is 1. The van der Waals surface area contributed by atoms with Crippen LogP contribution in [0.1, 0.15) is 20.8 Å². The molecule has 1 amide bonds. The molecule has 0 aliphatic carbocycles. The molecule has 0 aliphatic rings. The summed E-state index contributed by atoms with van der Waals surface area (Å²) in [5.41, 5.74) is 0.625. The zero-order valence-electron chi connectivity index (χ0n) is 11.4. The van der Waals surface area contributed by atoms with Crippen molar-refractivity contribution in [2.24, 2.45) is 0 Å². The van der Waals surface area contributed by atoms with Crippen molar-refractivity contribution in [3.05, 3.63) is 24.5 Å². The Morgan fingerprint density at radius 1 is 1.32 bits per heavy atom. The summed E-state index contributed by atoms with van der Waals surface area (Å²) in [5, 5.41) is 3.38. The largest absolute Gasteiger partial charge is 0.496 e. The molecule has 0 fully saturated rings. The first-order valence-electron chi connectivity index (χ1n) is 5.95. The summed E-state index contributed by atoms with van der Waals surface area (Å²) in [6, 6.07) is 5.43. The molecular weight excluding hydrogens is 246 g/mol. The molecule has 19 heavy (non-hydrogen) atoms. The van der Waals surface area contributed by atoms with E-state index < -0.39 is 11.7 Å². The first-order chi connectivity index (χ1) is 8.90. The van der Waals surface area contributed by atoms with Gasteiger partial charge in [-0.05, 0) is 32.9 Å². The van der Waals surface area contributed by atoms with E-state index >= 15 is 0 Å². The number of ether oxygens (including phenoxy) is 2. The first-order valence-corrected chi connectivity index (χ1v) is 5.95. The van der Waals surface area contributed by atoms with Gasteiger partial charge in [0.1, 0.15) is 23.2 Å². The third-order valence-electron chi connectivity index (χ3n) is 2.42. The molecule has 2 rings (SSSR count). The van der Waals surface area contributed by atoms with E-state index in [1.54, 1.807) is 40.0 Å². The van der Waals surface area contributed by atoms with Gasteiger partial charge in [-0.3, -0.25) is 5.32 Å². The fraction of sp³-hybridized carbons (Fsp3) is 0.357. The molecule has 0 saturated heterocycles. The standard InChI is InChI=1S/C14H17NO4/c1-14(2,3)19-13(16)15-9-8-18-11-7-5-6-10(17-4)12(9)11/h5-8H,1-4H3,(H,15,16). The number of methoxy groups -OCH3 is 1. The van der Waals surface area contributed by atoms with Crippen LogP contribution in [0.4, 0.5) is 10.5 Å². The Morgan fingerprint density at radius 3 is 2.68 bits per heavy atom. The molecule has 0 spiro atoms. The van der Waals surface area contributed by atoms with Crippen LogP contribution in [0.2, 0.25) is 0 Å². The minimum atomic E-state index is -0.548. The molecule has 0 saturated carbocycles. The topological polar surface area (TPSA) is 60.7 Å². The molecule has 102 valence electrons. The second-order valence-electron chi connectivity index (χ2n) is 5.11. The predicted molar refractivity (Wildman–Crippen MR) is 72.6 cm³/mol. The highest BCUT2D eigenvalue weighted by Gasteiger charge is 2.19. The van der Waals surface area contributed by atoms with Gasteiger partial charge in [-0.25, -0.2) is 4.79 Å². The van der Waals surface area contributed by atoms with E-state index in [1.165, 1.54) is 6.26 Å². The monoisotopic (exact) mass is 263 g/mol.